The van der Waals surface area contributed by atoms with Gasteiger partial charge in [0.1, 0.15) is 11.6 Å². The maximum atomic E-state index is 13.8. The summed E-state index contributed by atoms with van der Waals surface area (Å²) >= 11 is 2.79. The summed E-state index contributed by atoms with van der Waals surface area (Å²) < 4.78 is 20.9. The summed E-state index contributed by atoms with van der Waals surface area (Å²) in [6.45, 7) is 1.99. The van der Waals surface area contributed by atoms with E-state index in [9.17, 15) is 14.0 Å². The van der Waals surface area contributed by atoms with Crippen molar-refractivity contribution in [3.8, 4) is 11.4 Å². The third kappa shape index (κ3) is 6.81. The first kappa shape index (κ1) is 30.2. The summed E-state index contributed by atoms with van der Waals surface area (Å²) in [6.07, 6.45) is 0.583. The van der Waals surface area contributed by atoms with E-state index in [1.807, 2.05) is 60.8 Å². The zero-order valence-electron chi connectivity index (χ0n) is 24.5. The number of hydrogen-bond acceptors (Lipinski definition) is 8. The Bertz CT molecular complexity index is 1840. The number of aromatic nitrogens is 3. The molecule has 2 aromatic heterocycles. The van der Waals surface area contributed by atoms with Crippen molar-refractivity contribution in [2.24, 2.45) is 5.10 Å². The molecule has 6 rings (SSSR count). The first-order valence-electron chi connectivity index (χ1n) is 14.1. The van der Waals surface area contributed by atoms with Crippen LogP contribution in [0.25, 0.3) is 5.69 Å². The van der Waals surface area contributed by atoms with Gasteiger partial charge in [0.25, 0.3) is 11.8 Å². The number of rotatable bonds is 10. The van der Waals surface area contributed by atoms with Gasteiger partial charge in [-0.2, -0.15) is 5.10 Å². The van der Waals surface area contributed by atoms with Gasteiger partial charge in [0.2, 0.25) is 0 Å². The topological polar surface area (TPSA) is 102 Å². The fourth-order valence-electron chi connectivity index (χ4n) is 5.02. The normalized spacial score (nSPS) is 14.3. The minimum Gasteiger partial charge on any atom is -0.497 e. The average molecular weight is 641 g/mol. The Balaban J connectivity index is 1.23. The molecular weight excluding hydrogens is 612 g/mol. The van der Waals surface area contributed by atoms with Gasteiger partial charge in [0, 0.05) is 17.7 Å². The molecular formula is C33H29FN6O3S2. The Morgan fingerprint density at radius 1 is 1.04 bits per heavy atom. The maximum absolute atomic E-state index is 13.8. The zero-order chi connectivity index (χ0) is 31.3. The Morgan fingerprint density at radius 3 is 2.56 bits per heavy atom. The van der Waals surface area contributed by atoms with E-state index in [0.29, 0.717) is 28.7 Å². The van der Waals surface area contributed by atoms with Crippen LogP contribution in [0.2, 0.25) is 0 Å². The summed E-state index contributed by atoms with van der Waals surface area (Å²) in [7, 11) is 1.61. The van der Waals surface area contributed by atoms with E-state index in [0.717, 1.165) is 27.5 Å². The molecule has 1 N–H and O–H groups in total. The number of carbonyl (C=O) groups excluding carboxylic acids is 2. The summed E-state index contributed by atoms with van der Waals surface area (Å²) in [5, 5.41) is 20.3. The van der Waals surface area contributed by atoms with Crippen LogP contribution in [0.5, 0.6) is 5.75 Å². The number of nitrogens with one attached hydrogen (secondary N) is 1. The van der Waals surface area contributed by atoms with Gasteiger partial charge in [-0.1, -0.05) is 47.7 Å². The smallest absolute Gasteiger partial charge is 0.253 e. The van der Waals surface area contributed by atoms with Crippen molar-refractivity contribution in [2.75, 3.05) is 12.9 Å². The highest BCUT2D eigenvalue weighted by atomic mass is 32.2. The second kappa shape index (κ2) is 13.4. The molecule has 1 aliphatic heterocycles. The van der Waals surface area contributed by atoms with E-state index < -0.39 is 0 Å². The molecule has 0 saturated heterocycles. The van der Waals surface area contributed by atoms with Crippen LogP contribution in [-0.4, -0.2) is 50.2 Å². The minimum absolute atomic E-state index is 0.0306. The second-order valence-electron chi connectivity index (χ2n) is 10.3. The quantitative estimate of drug-likeness (QED) is 0.183. The Kier molecular flexibility index (Phi) is 9.03. The van der Waals surface area contributed by atoms with E-state index in [-0.39, 0.29) is 36.0 Å². The molecule has 5 aromatic rings. The number of thioether (sulfide) groups is 1. The maximum Gasteiger partial charge on any atom is 0.253 e. The lowest BCUT2D eigenvalue weighted by Crippen LogP contribution is -2.28. The molecule has 1 aliphatic rings. The number of methoxy groups -OCH3 is 1. The van der Waals surface area contributed by atoms with Gasteiger partial charge in [-0.15, -0.1) is 21.5 Å². The van der Waals surface area contributed by atoms with Gasteiger partial charge in [-0.25, -0.2) is 9.40 Å². The molecule has 9 nitrogen and oxygen atoms in total. The highest BCUT2D eigenvalue weighted by Gasteiger charge is 2.33. The van der Waals surface area contributed by atoms with Gasteiger partial charge < -0.3 is 10.1 Å². The number of thiophene rings is 1. The summed E-state index contributed by atoms with van der Waals surface area (Å²) in [5.41, 5.74) is 3.91. The summed E-state index contributed by atoms with van der Waals surface area (Å²) in [6, 6.07) is 24.5. The molecule has 0 bridgehead atoms. The number of benzene rings is 3. The Hall–Kier alpha value is -4.81. The van der Waals surface area contributed by atoms with E-state index in [1.54, 1.807) is 52.3 Å². The SMILES string of the molecule is COc1ccc([C@@H]2CC(c3cccs3)=NN2C(=O)CSc2nnc(CNC(=O)c3cccc(C)c3)n2-c2ccc(F)cc2)cc1. The highest BCUT2D eigenvalue weighted by Crippen LogP contribution is 2.35. The van der Waals surface area contributed by atoms with Crippen LogP contribution >= 0.6 is 23.1 Å². The first-order valence-corrected chi connectivity index (χ1v) is 16.0. The number of ether oxygens (including phenoxy) is 1. The average Bonchev–Trinajstić information content (AvgIpc) is 3.83. The Labute approximate surface area is 267 Å². The zero-order valence-corrected chi connectivity index (χ0v) is 26.1. The first-order chi connectivity index (χ1) is 21.9. The monoisotopic (exact) mass is 640 g/mol. The van der Waals surface area contributed by atoms with Crippen molar-refractivity contribution >= 4 is 40.6 Å². The molecule has 228 valence electrons. The summed E-state index contributed by atoms with van der Waals surface area (Å²) in [5.74, 6) is 0.361. The van der Waals surface area contributed by atoms with E-state index >= 15 is 0 Å². The molecule has 3 heterocycles. The van der Waals surface area contributed by atoms with Crippen molar-refractivity contribution in [1.29, 1.82) is 0 Å². The predicted octanol–water partition coefficient (Wildman–Crippen LogP) is 6.18. The molecule has 1 atom stereocenters. The molecule has 45 heavy (non-hydrogen) atoms. The van der Waals surface area contributed by atoms with Crippen molar-refractivity contribution < 1.29 is 18.7 Å². The fourth-order valence-corrected chi connectivity index (χ4v) is 6.56. The van der Waals surface area contributed by atoms with Crippen LogP contribution < -0.4 is 10.1 Å². The molecule has 0 aliphatic carbocycles. The molecule has 0 spiro atoms. The minimum atomic E-state index is -0.386. The number of carbonyl (C=O) groups is 2. The number of amides is 2. The lowest BCUT2D eigenvalue weighted by Gasteiger charge is -2.22. The lowest BCUT2D eigenvalue weighted by molar-refractivity contribution is -0.130. The van der Waals surface area contributed by atoms with Crippen LogP contribution in [0.4, 0.5) is 4.39 Å². The number of nitrogens with zero attached hydrogens (tertiary/aromatic N) is 5. The fraction of sp³-hybridized carbons (Fsp3) is 0.182. The molecule has 12 heteroatoms. The summed E-state index contributed by atoms with van der Waals surface area (Å²) in [4.78, 5) is 27.6. The van der Waals surface area contributed by atoms with Gasteiger partial charge in [0.15, 0.2) is 11.0 Å². The second-order valence-corrected chi connectivity index (χ2v) is 12.2. The molecule has 0 saturated carbocycles. The van der Waals surface area contributed by atoms with Crippen molar-refractivity contribution in [2.45, 2.75) is 31.1 Å². The number of hydrogen-bond donors (Lipinski definition) is 1. The molecule has 3 aromatic carbocycles. The van der Waals surface area contributed by atoms with Gasteiger partial charge in [-0.3, -0.25) is 14.2 Å². The standard InChI is InChI=1S/C33H29FN6O3S2/c1-21-5-3-6-23(17-21)32(42)35-19-30-36-37-33(39(30)25-12-10-24(34)11-13-25)45-20-31(41)40-28(22-8-14-26(43-2)15-9-22)18-27(38-40)29-7-4-16-44-29/h3-17,28H,18-20H2,1-2H3,(H,35,42)/t28-/m0/s1. The van der Waals surface area contributed by atoms with Gasteiger partial charge in [0.05, 0.1) is 36.0 Å². The lowest BCUT2D eigenvalue weighted by atomic mass is 10.0. The van der Waals surface area contributed by atoms with Gasteiger partial charge >= 0.3 is 0 Å². The van der Waals surface area contributed by atoms with Crippen LogP contribution in [-0.2, 0) is 11.3 Å². The van der Waals surface area contributed by atoms with Gasteiger partial charge in [-0.05, 0) is 72.5 Å². The van der Waals surface area contributed by atoms with E-state index in [2.05, 4.69) is 15.5 Å². The Morgan fingerprint density at radius 2 is 1.84 bits per heavy atom. The molecule has 2 amide bonds. The highest BCUT2D eigenvalue weighted by molar-refractivity contribution is 7.99. The molecule has 0 unspecified atom stereocenters. The van der Waals surface area contributed by atoms with Crippen molar-refractivity contribution in [3.63, 3.8) is 0 Å². The number of hydrazone groups is 1. The van der Waals surface area contributed by atoms with E-state index in [4.69, 9.17) is 9.84 Å². The van der Waals surface area contributed by atoms with Crippen molar-refractivity contribution in [3.05, 3.63) is 124 Å². The van der Waals surface area contributed by atoms with E-state index in [1.165, 1.54) is 23.9 Å². The number of aryl methyl sites for hydroxylation is 1. The van der Waals surface area contributed by atoms with Crippen molar-refractivity contribution in [1.82, 2.24) is 25.1 Å². The third-order valence-corrected chi connectivity index (χ3v) is 9.10. The van der Waals surface area contributed by atoms with Crippen LogP contribution in [0.15, 0.2) is 101 Å². The van der Waals surface area contributed by atoms with Crippen LogP contribution in [0.3, 0.4) is 0 Å². The molecule has 0 fully saturated rings. The van der Waals surface area contributed by atoms with Crippen LogP contribution in [0, 0.1) is 12.7 Å². The van der Waals surface area contributed by atoms with Crippen LogP contribution in [0.1, 0.15) is 44.6 Å². The third-order valence-electron chi connectivity index (χ3n) is 7.27. The largest absolute Gasteiger partial charge is 0.497 e. The molecule has 0 radical (unpaired) electrons. The number of halogens is 1. The predicted molar refractivity (Wildman–Crippen MR) is 172 cm³/mol.